The van der Waals surface area contributed by atoms with Crippen LogP contribution in [-0.4, -0.2) is 34.7 Å². The monoisotopic (exact) mass is 275 g/mol. The van der Waals surface area contributed by atoms with Gasteiger partial charge in [-0.1, -0.05) is 12.1 Å². The Kier molecular flexibility index (Phi) is 3.56. The van der Waals surface area contributed by atoms with Crippen molar-refractivity contribution >= 4 is 16.9 Å². The molecule has 1 aliphatic heterocycles. The van der Waals surface area contributed by atoms with E-state index >= 15 is 0 Å². The normalized spacial score (nSPS) is 18.5. The highest BCUT2D eigenvalue weighted by Crippen LogP contribution is 2.11. The molecule has 1 aliphatic rings. The Bertz CT molecular complexity index is 668. The number of aromatic nitrogens is 2. The van der Waals surface area contributed by atoms with Crippen LogP contribution >= 0.6 is 0 Å². The molecule has 6 heteroatoms. The van der Waals surface area contributed by atoms with Crippen LogP contribution in [0.25, 0.3) is 11.0 Å². The van der Waals surface area contributed by atoms with Gasteiger partial charge in [0.2, 0.25) is 5.91 Å². The first-order valence-corrected chi connectivity index (χ1v) is 6.80. The van der Waals surface area contributed by atoms with Crippen LogP contribution in [0.2, 0.25) is 0 Å². The molecule has 2 aromatic rings. The molecule has 0 saturated carbocycles. The summed E-state index contributed by atoms with van der Waals surface area (Å²) in [4.78, 5) is 26.5. The highest BCUT2D eigenvalue weighted by molar-refractivity contribution is 5.80. The summed E-state index contributed by atoms with van der Waals surface area (Å²) >= 11 is 0. The Balaban J connectivity index is 1.67. The van der Waals surface area contributed by atoms with E-state index in [2.05, 4.69) is 10.3 Å². The number of carbonyl (C=O) groups is 1. The highest BCUT2D eigenvalue weighted by atomic mass is 16.5. The van der Waals surface area contributed by atoms with Crippen LogP contribution in [0.1, 0.15) is 12.8 Å². The average Bonchev–Trinajstić information content (AvgIpc) is 3.06. The zero-order chi connectivity index (χ0) is 13.9. The van der Waals surface area contributed by atoms with Crippen molar-refractivity contribution in [1.29, 1.82) is 0 Å². The first-order valence-electron chi connectivity index (χ1n) is 6.80. The molecule has 2 N–H and O–H groups in total. The lowest BCUT2D eigenvalue weighted by atomic mass is 10.2. The van der Waals surface area contributed by atoms with Gasteiger partial charge in [0, 0.05) is 13.2 Å². The van der Waals surface area contributed by atoms with Crippen LogP contribution in [0.5, 0.6) is 0 Å². The number of rotatable bonds is 4. The van der Waals surface area contributed by atoms with Crippen LogP contribution < -0.4 is 11.0 Å². The molecule has 1 saturated heterocycles. The molecule has 106 valence electrons. The van der Waals surface area contributed by atoms with Gasteiger partial charge >= 0.3 is 5.69 Å². The van der Waals surface area contributed by atoms with Crippen LogP contribution in [0.4, 0.5) is 0 Å². The molecule has 1 atom stereocenters. The second-order valence-corrected chi connectivity index (χ2v) is 4.97. The van der Waals surface area contributed by atoms with Crippen molar-refractivity contribution in [1.82, 2.24) is 14.9 Å². The molecule has 20 heavy (non-hydrogen) atoms. The molecule has 1 fully saturated rings. The lowest BCUT2D eigenvalue weighted by molar-refractivity contribution is -0.122. The maximum Gasteiger partial charge on any atom is 0.326 e. The fourth-order valence-electron chi connectivity index (χ4n) is 2.50. The van der Waals surface area contributed by atoms with Crippen LogP contribution in [0, 0.1) is 0 Å². The first kappa shape index (κ1) is 12.9. The molecule has 1 amide bonds. The molecule has 0 spiro atoms. The summed E-state index contributed by atoms with van der Waals surface area (Å²) in [5.41, 5.74) is 1.22. The number of carbonyl (C=O) groups excluding carboxylic acids is 1. The van der Waals surface area contributed by atoms with E-state index in [4.69, 9.17) is 4.74 Å². The number of benzene rings is 1. The zero-order valence-electron chi connectivity index (χ0n) is 11.1. The number of hydrogen-bond acceptors (Lipinski definition) is 3. The molecule has 0 radical (unpaired) electrons. The lowest BCUT2D eigenvalue weighted by Gasteiger charge is -2.11. The summed E-state index contributed by atoms with van der Waals surface area (Å²) in [7, 11) is 0. The SMILES string of the molecule is O=C(Cn1c(=O)[nH]c2ccccc21)NCC1CCCO1. The third kappa shape index (κ3) is 2.60. The fourth-order valence-corrected chi connectivity index (χ4v) is 2.50. The number of para-hydroxylation sites is 2. The number of nitrogens with zero attached hydrogens (tertiary/aromatic N) is 1. The summed E-state index contributed by atoms with van der Waals surface area (Å²) < 4.78 is 6.89. The van der Waals surface area contributed by atoms with Crippen LogP contribution in [-0.2, 0) is 16.1 Å². The van der Waals surface area contributed by atoms with Gasteiger partial charge in [-0.2, -0.15) is 0 Å². The molecular formula is C14H17N3O3. The number of ether oxygens (including phenoxy) is 1. The van der Waals surface area contributed by atoms with Crippen molar-refractivity contribution in [3.05, 3.63) is 34.7 Å². The van der Waals surface area contributed by atoms with Gasteiger partial charge in [0.05, 0.1) is 17.1 Å². The first-order chi connectivity index (χ1) is 9.74. The third-order valence-corrected chi connectivity index (χ3v) is 3.53. The van der Waals surface area contributed by atoms with E-state index < -0.39 is 0 Å². The number of amides is 1. The van der Waals surface area contributed by atoms with E-state index in [1.807, 2.05) is 24.3 Å². The Hall–Kier alpha value is -2.08. The smallest absolute Gasteiger partial charge is 0.326 e. The van der Waals surface area contributed by atoms with Gasteiger partial charge in [0.25, 0.3) is 0 Å². The maximum absolute atomic E-state index is 11.9. The van der Waals surface area contributed by atoms with Gasteiger partial charge < -0.3 is 15.0 Å². The minimum Gasteiger partial charge on any atom is -0.376 e. The zero-order valence-corrected chi connectivity index (χ0v) is 11.1. The fraction of sp³-hybridized carbons (Fsp3) is 0.429. The number of imidazole rings is 1. The van der Waals surface area contributed by atoms with E-state index in [1.54, 1.807) is 0 Å². The summed E-state index contributed by atoms with van der Waals surface area (Å²) in [6.07, 6.45) is 2.13. The molecule has 1 aromatic carbocycles. The molecule has 6 nitrogen and oxygen atoms in total. The minimum absolute atomic E-state index is 0.0234. The minimum atomic E-state index is -0.265. The average molecular weight is 275 g/mol. The van der Waals surface area contributed by atoms with Crippen molar-refractivity contribution in [3.63, 3.8) is 0 Å². The predicted molar refractivity (Wildman–Crippen MR) is 74.5 cm³/mol. The van der Waals surface area contributed by atoms with Crippen molar-refractivity contribution < 1.29 is 9.53 Å². The summed E-state index contributed by atoms with van der Waals surface area (Å²) in [6, 6.07) is 7.33. The Morgan fingerprint density at radius 2 is 2.30 bits per heavy atom. The molecular weight excluding hydrogens is 258 g/mol. The Morgan fingerprint density at radius 3 is 3.10 bits per heavy atom. The molecule has 1 aromatic heterocycles. The molecule has 3 rings (SSSR count). The second-order valence-electron chi connectivity index (χ2n) is 4.97. The van der Waals surface area contributed by atoms with E-state index in [-0.39, 0.29) is 24.2 Å². The Morgan fingerprint density at radius 1 is 1.45 bits per heavy atom. The third-order valence-electron chi connectivity index (χ3n) is 3.53. The number of aromatic amines is 1. The molecule has 2 heterocycles. The number of H-pyrrole nitrogens is 1. The van der Waals surface area contributed by atoms with E-state index in [0.717, 1.165) is 30.5 Å². The topological polar surface area (TPSA) is 76.1 Å². The summed E-state index contributed by atoms with van der Waals surface area (Å²) in [5, 5.41) is 2.82. The van der Waals surface area contributed by atoms with Gasteiger partial charge in [-0.25, -0.2) is 4.79 Å². The lowest BCUT2D eigenvalue weighted by Crippen LogP contribution is -2.36. The molecule has 1 unspecified atom stereocenters. The second kappa shape index (κ2) is 5.50. The summed E-state index contributed by atoms with van der Waals surface area (Å²) in [5.74, 6) is -0.174. The maximum atomic E-state index is 11.9. The van der Waals surface area contributed by atoms with Crippen molar-refractivity contribution in [2.45, 2.75) is 25.5 Å². The quantitative estimate of drug-likeness (QED) is 0.859. The van der Waals surface area contributed by atoms with E-state index in [9.17, 15) is 9.59 Å². The van der Waals surface area contributed by atoms with E-state index in [1.165, 1.54) is 4.57 Å². The number of nitrogens with one attached hydrogen (secondary N) is 2. The van der Waals surface area contributed by atoms with Crippen molar-refractivity contribution in [3.8, 4) is 0 Å². The largest absolute Gasteiger partial charge is 0.376 e. The van der Waals surface area contributed by atoms with E-state index in [0.29, 0.717) is 6.54 Å². The van der Waals surface area contributed by atoms with Gasteiger partial charge in [-0.15, -0.1) is 0 Å². The van der Waals surface area contributed by atoms with Gasteiger partial charge in [0.15, 0.2) is 0 Å². The number of fused-ring (bicyclic) bond motifs is 1. The van der Waals surface area contributed by atoms with Crippen LogP contribution in [0.3, 0.4) is 0 Å². The van der Waals surface area contributed by atoms with Crippen molar-refractivity contribution in [2.24, 2.45) is 0 Å². The summed E-state index contributed by atoms with van der Waals surface area (Å²) in [6.45, 7) is 1.30. The van der Waals surface area contributed by atoms with Gasteiger partial charge in [0.1, 0.15) is 6.54 Å². The van der Waals surface area contributed by atoms with Gasteiger partial charge in [-0.3, -0.25) is 9.36 Å². The van der Waals surface area contributed by atoms with Crippen molar-refractivity contribution in [2.75, 3.05) is 13.2 Å². The standard InChI is InChI=1S/C14H17N3O3/c18-13(15-8-10-4-3-7-20-10)9-17-12-6-2-1-5-11(12)16-14(17)19/h1-2,5-6,10H,3-4,7-9H2,(H,15,18)(H,16,19). The highest BCUT2D eigenvalue weighted by Gasteiger charge is 2.17. The molecule has 0 aliphatic carbocycles. The predicted octanol–water partition coefficient (Wildman–Crippen LogP) is 0.625. The number of hydrogen-bond donors (Lipinski definition) is 2. The van der Waals surface area contributed by atoms with Crippen LogP contribution in [0.15, 0.2) is 29.1 Å². The Labute approximate surface area is 115 Å². The molecule has 0 bridgehead atoms. The van der Waals surface area contributed by atoms with Gasteiger partial charge in [-0.05, 0) is 25.0 Å².